The lowest BCUT2D eigenvalue weighted by Crippen LogP contribution is -2.36. The van der Waals surface area contributed by atoms with Gasteiger partial charge in [-0.25, -0.2) is 0 Å². The van der Waals surface area contributed by atoms with Crippen molar-refractivity contribution < 1.29 is 38.9 Å². The number of rotatable bonds is 14. The van der Waals surface area contributed by atoms with Crippen LogP contribution < -0.4 is 0 Å². The van der Waals surface area contributed by atoms with Crippen LogP contribution in [0.2, 0.25) is 0 Å². The van der Waals surface area contributed by atoms with E-state index in [1.165, 1.54) is 19.1 Å². The summed E-state index contributed by atoms with van der Waals surface area (Å²) in [5.41, 5.74) is -1.80. The zero-order chi connectivity index (χ0) is 25.0. The number of ketones is 1. The highest BCUT2D eigenvalue weighted by atomic mass is 35.5. The molecule has 0 fully saturated rings. The van der Waals surface area contributed by atoms with E-state index in [1.807, 2.05) is 6.08 Å². The molecular weight excluding hydrogens is 452 g/mol. The maximum absolute atomic E-state index is 12.7. The van der Waals surface area contributed by atoms with Gasteiger partial charge in [0, 0.05) is 32.3 Å². The van der Waals surface area contributed by atoms with Gasteiger partial charge in [0.05, 0.1) is 5.03 Å². The Morgan fingerprint density at radius 2 is 1.79 bits per heavy atom. The molecule has 0 bridgehead atoms. The highest BCUT2D eigenvalue weighted by Crippen LogP contribution is 2.37. The van der Waals surface area contributed by atoms with Gasteiger partial charge in [-0.05, 0) is 37.8 Å². The Hall–Kier alpha value is -2.45. The van der Waals surface area contributed by atoms with Crippen molar-refractivity contribution in [3.63, 3.8) is 0 Å². The van der Waals surface area contributed by atoms with Crippen LogP contribution in [0.3, 0.4) is 0 Å². The molecule has 0 aromatic carbocycles. The first-order valence-corrected chi connectivity index (χ1v) is 11.5. The first-order chi connectivity index (χ1) is 15.5. The summed E-state index contributed by atoms with van der Waals surface area (Å²) >= 11 is 6.02. The normalized spacial score (nSPS) is 21.2. The number of hydrogen-bond acceptors (Lipinski definition) is 7. The molecule has 9 heteroatoms. The summed E-state index contributed by atoms with van der Waals surface area (Å²) in [6, 6.07) is 0. The lowest BCUT2D eigenvalue weighted by Gasteiger charge is -2.27. The average Bonchev–Trinajstić information content (AvgIpc) is 2.91. The van der Waals surface area contributed by atoms with Crippen molar-refractivity contribution >= 4 is 35.3 Å². The van der Waals surface area contributed by atoms with Crippen molar-refractivity contribution in [2.45, 2.75) is 89.9 Å². The number of Topliss-reactive ketones (excluding diaryl/α,β-unsaturated/α-hetero) is 1. The van der Waals surface area contributed by atoms with Crippen LogP contribution in [-0.2, 0) is 28.7 Å². The van der Waals surface area contributed by atoms with Gasteiger partial charge in [-0.15, -0.1) is 0 Å². The number of ether oxygens (including phenoxy) is 2. The molecule has 3 atom stereocenters. The zero-order valence-electron chi connectivity index (χ0n) is 19.3. The number of aliphatic carboxylic acids is 1. The fourth-order valence-corrected chi connectivity index (χ4v) is 3.77. The van der Waals surface area contributed by atoms with Crippen LogP contribution in [-0.4, -0.2) is 51.7 Å². The van der Waals surface area contributed by atoms with Crippen LogP contribution >= 0.6 is 11.6 Å². The van der Waals surface area contributed by atoms with Crippen molar-refractivity contribution in [1.29, 1.82) is 0 Å². The zero-order valence-corrected chi connectivity index (χ0v) is 20.1. The average molecular weight is 485 g/mol. The van der Waals surface area contributed by atoms with Crippen molar-refractivity contribution in [2.75, 3.05) is 0 Å². The molecule has 0 saturated heterocycles. The van der Waals surface area contributed by atoms with Gasteiger partial charge >= 0.3 is 17.9 Å². The van der Waals surface area contributed by atoms with Gasteiger partial charge in [-0.1, -0.05) is 43.5 Å². The van der Waals surface area contributed by atoms with E-state index in [1.54, 1.807) is 6.08 Å². The number of halogens is 1. The summed E-state index contributed by atoms with van der Waals surface area (Å²) in [4.78, 5) is 46.9. The molecule has 0 aliphatic heterocycles. The van der Waals surface area contributed by atoms with Gasteiger partial charge in [-0.2, -0.15) is 0 Å². The number of carbonyl (C=O) groups excluding carboxylic acids is 3. The minimum atomic E-state index is -1.71. The van der Waals surface area contributed by atoms with Gasteiger partial charge < -0.3 is 19.7 Å². The van der Waals surface area contributed by atoms with E-state index >= 15 is 0 Å². The lowest BCUT2D eigenvalue weighted by molar-refractivity contribution is -0.162. The molecule has 0 heterocycles. The SMILES string of the molecule is CCCCC/C=C\C[C@@]1(O)C=C(Cl)C(=O)/C1=C/[C@H](OC(C)=O)[C@H](CCCC(=O)O)OC(C)=O. The Balaban J connectivity index is 3.20. The number of allylic oxidation sites excluding steroid dienone is 2. The Bertz CT molecular complexity index is 813. The molecule has 1 aliphatic carbocycles. The van der Waals surface area contributed by atoms with Crippen molar-refractivity contribution in [2.24, 2.45) is 0 Å². The Morgan fingerprint density at radius 1 is 1.12 bits per heavy atom. The van der Waals surface area contributed by atoms with Crippen LogP contribution in [0.25, 0.3) is 0 Å². The Morgan fingerprint density at radius 3 is 2.36 bits per heavy atom. The summed E-state index contributed by atoms with van der Waals surface area (Å²) < 4.78 is 10.6. The first kappa shape index (κ1) is 28.6. The van der Waals surface area contributed by atoms with Gasteiger partial charge in [-0.3, -0.25) is 19.2 Å². The molecule has 8 nitrogen and oxygen atoms in total. The number of carboxylic acids is 1. The van der Waals surface area contributed by atoms with Gasteiger partial charge in [0.1, 0.15) is 11.7 Å². The quantitative estimate of drug-likeness (QED) is 0.164. The molecule has 0 aromatic rings. The topological polar surface area (TPSA) is 127 Å². The number of unbranched alkanes of at least 4 members (excludes halogenated alkanes) is 3. The fraction of sp³-hybridized carbons (Fsp3) is 0.583. The Kier molecular flexibility index (Phi) is 12.1. The van der Waals surface area contributed by atoms with E-state index < -0.39 is 41.5 Å². The summed E-state index contributed by atoms with van der Waals surface area (Å²) in [5, 5.41) is 19.9. The van der Waals surface area contributed by atoms with Crippen molar-refractivity contribution in [1.82, 2.24) is 0 Å². The van der Waals surface area contributed by atoms with E-state index in [2.05, 4.69) is 6.92 Å². The van der Waals surface area contributed by atoms with Crippen LogP contribution in [0.1, 0.15) is 72.1 Å². The number of esters is 2. The van der Waals surface area contributed by atoms with Gasteiger partial charge in [0.15, 0.2) is 6.10 Å². The molecule has 2 N–H and O–H groups in total. The molecule has 0 radical (unpaired) electrons. The standard InChI is InChI=1S/C24H33ClO8/c1-4-5-6-7-8-9-13-24(31)15-19(25)23(30)18(24)14-21(33-17(3)27)20(32-16(2)26)11-10-12-22(28)29/h8-9,14-15,20-21,31H,4-7,10-13H2,1-3H3,(H,28,29)/b9-8-,18-14-/t20-,21-,24+/m0/s1. The van der Waals surface area contributed by atoms with Crippen molar-refractivity contribution in [3.05, 3.63) is 34.9 Å². The van der Waals surface area contributed by atoms with Crippen LogP contribution in [0, 0.1) is 0 Å². The van der Waals surface area contributed by atoms with Crippen molar-refractivity contribution in [3.8, 4) is 0 Å². The minimum Gasteiger partial charge on any atom is -0.481 e. The molecule has 0 unspecified atom stereocenters. The van der Waals surface area contributed by atoms with Gasteiger partial charge in [0.2, 0.25) is 5.78 Å². The van der Waals surface area contributed by atoms with E-state index in [0.29, 0.717) is 0 Å². The van der Waals surface area contributed by atoms with E-state index in [4.69, 9.17) is 26.2 Å². The highest BCUT2D eigenvalue weighted by molar-refractivity contribution is 6.46. The molecule has 0 amide bonds. The molecule has 33 heavy (non-hydrogen) atoms. The summed E-state index contributed by atoms with van der Waals surface area (Å²) in [5.74, 6) is -3.01. The first-order valence-electron chi connectivity index (χ1n) is 11.1. The molecule has 1 aliphatic rings. The second-order valence-electron chi connectivity index (χ2n) is 8.01. The van der Waals surface area contributed by atoms with E-state index in [-0.39, 0.29) is 36.3 Å². The number of carboxylic acid groups (broad SMARTS) is 1. The van der Waals surface area contributed by atoms with Crippen LogP contribution in [0.4, 0.5) is 0 Å². The summed E-state index contributed by atoms with van der Waals surface area (Å²) in [6.07, 6.45) is 8.06. The van der Waals surface area contributed by atoms with E-state index in [9.17, 15) is 24.3 Å². The molecule has 1 rings (SSSR count). The summed E-state index contributed by atoms with van der Waals surface area (Å²) in [7, 11) is 0. The predicted molar refractivity (Wildman–Crippen MR) is 122 cm³/mol. The predicted octanol–water partition coefficient (Wildman–Crippen LogP) is 3.99. The highest BCUT2D eigenvalue weighted by Gasteiger charge is 2.42. The second kappa shape index (κ2) is 14.0. The third-order valence-electron chi connectivity index (χ3n) is 5.06. The lowest BCUT2D eigenvalue weighted by atomic mass is 9.90. The molecule has 0 saturated carbocycles. The number of carbonyl (C=O) groups is 4. The van der Waals surface area contributed by atoms with E-state index in [0.717, 1.165) is 32.6 Å². The Labute approximate surface area is 199 Å². The van der Waals surface area contributed by atoms with Gasteiger partial charge in [0.25, 0.3) is 0 Å². The maximum atomic E-state index is 12.7. The second-order valence-corrected chi connectivity index (χ2v) is 8.41. The monoisotopic (exact) mass is 484 g/mol. The fourth-order valence-electron chi connectivity index (χ4n) is 3.49. The number of aliphatic hydroxyl groups is 1. The third kappa shape index (κ3) is 9.92. The number of hydrogen-bond donors (Lipinski definition) is 2. The largest absolute Gasteiger partial charge is 0.481 e. The molecule has 0 spiro atoms. The molecule has 184 valence electrons. The molecular formula is C24H33ClO8. The maximum Gasteiger partial charge on any atom is 0.303 e. The van der Waals surface area contributed by atoms with Crippen LogP contribution in [0.5, 0.6) is 0 Å². The summed E-state index contributed by atoms with van der Waals surface area (Å²) in [6.45, 7) is 4.42. The minimum absolute atomic E-state index is 0.0682. The van der Waals surface area contributed by atoms with Crippen LogP contribution in [0.15, 0.2) is 34.9 Å². The molecule has 0 aromatic heterocycles. The third-order valence-corrected chi connectivity index (χ3v) is 5.34. The smallest absolute Gasteiger partial charge is 0.303 e.